The number of ether oxygens (including phenoxy) is 1. The summed E-state index contributed by atoms with van der Waals surface area (Å²) >= 11 is 0. The number of morpholine rings is 1. The molecular weight excluding hydrogens is 298 g/mol. The number of aliphatic hydroxyl groups is 1. The Labute approximate surface area is 148 Å². The maximum Gasteiger partial charge on any atom is 0.0827 e. The van der Waals surface area contributed by atoms with Gasteiger partial charge in [0.1, 0.15) is 0 Å². The first-order chi connectivity index (χ1) is 11.2. The van der Waals surface area contributed by atoms with Crippen LogP contribution in [0.3, 0.4) is 0 Å². The summed E-state index contributed by atoms with van der Waals surface area (Å²) in [6.07, 6.45) is 1.23. The van der Waals surface area contributed by atoms with Gasteiger partial charge in [0.15, 0.2) is 0 Å². The number of benzene rings is 1. The fourth-order valence-corrected chi connectivity index (χ4v) is 3.60. The Kier molecular flexibility index (Phi) is 6.46. The minimum absolute atomic E-state index is 0.190. The molecule has 1 heterocycles. The van der Waals surface area contributed by atoms with Crippen molar-refractivity contribution in [1.29, 1.82) is 0 Å². The molecule has 1 aliphatic rings. The second-order valence-electron chi connectivity index (χ2n) is 8.26. The molecule has 4 atom stereocenters. The number of hydrogen-bond acceptors (Lipinski definition) is 3. The topological polar surface area (TPSA) is 32.7 Å². The van der Waals surface area contributed by atoms with Gasteiger partial charge in [-0.3, -0.25) is 4.90 Å². The van der Waals surface area contributed by atoms with Crippen LogP contribution in [0.25, 0.3) is 0 Å². The Bertz CT molecular complexity index is 501. The third-order valence-electron chi connectivity index (χ3n) is 5.50. The molecule has 0 amide bonds. The number of aliphatic hydroxyl groups excluding tert-OH is 1. The van der Waals surface area contributed by atoms with Crippen LogP contribution in [0.5, 0.6) is 0 Å². The van der Waals surface area contributed by atoms with Gasteiger partial charge in [0.2, 0.25) is 0 Å². The van der Waals surface area contributed by atoms with E-state index in [2.05, 4.69) is 70.7 Å². The highest BCUT2D eigenvalue weighted by molar-refractivity contribution is 5.29. The van der Waals surface area contributed by atoms with Crippen LogP contribution >= 0.6 is 0 Å². The van der Waals surface area contributed by atoms with Crippen LogP contribution in [0.1, 0.15) is 65.2 Å². The lowest BCUT2D eigenvalue weighted by molar-refractivity contribution is -0.0754. The average molecular weight is 334 g/mol. The Morgan fingerprint density at radius 3 is 2.21 bits per heavy atom. The summed E-state index contributed by atoms with van der Waals surface area (Å²) in [4.78, 5) is 2.42. The maximum absolute atomic E-state index is 10.7. The third-order valence-corrected chi connectivity index (χ3v) is 5.50. The predicted molar refractivity (Wildman–Crippen MR) is 100 cm³/mol. The Morgan fingerprint density at radius 2 is 1.71 bits per heavy atom. The molecule has 0 unspecified atom stereocenters. The molecule has 1 aliphatic heterocycles. The lowest BCUT2D eigenvalue weighted by atomic mass is 9.81. The quantitative estimate of drug-likeness (QED) is 0.849. The molecule has 1 N–H and O–H groups in total. The Morgan fingerprint density at radius 1 is 1.17 bits per heavy atom. The van der Waals surface area contributed by atoms with E-state index < -0.39 is 6.10 Å². The van der Waals surface area contributed by atoms with Crippen molar-refractivity contribution in [2.75, 3.05) is 19.6 Å². The molecule has 0 radical (unpaired) electrons. The van der Waals surface area contributed by atoms with Crippen LogP contribution in [0, 0.1) is 5.92 Å². The number of nitrogens with zero attached hydrogens (tertiary/aromatic N) is 1. The fraction of sp³-hybridized carbons (Fsp3) is 0.714. The van der Waals surface area contributed by atoms with Gasteiger partial charge >= 0.3 is 0 Å². The minimum Gasteiger partial charge on any atom is -0.388 e. The number of hydrogen-bond donors (Lipinski definition) is 1. The zero-order valence-corrected chi connectivity index (χ0v) is 16.2. The highest BCUT2D eigenvalue weighted by Gasteiger charge is 2.26. The van der Waals surface area contributed by atoms with Crippen LogP contribution in [-0.2, 0) is 10.2 Å². The Balaban J connectivity index is 1.98. The van der Waals surface area contributed by atoms with Crippen LogP contribution in [0.2, 0.25) is 0 Å². The van der Waals surface area contributed by atoms with Gasteiger partial charge in [-0.25, -0.2) is 0 Å². The molecule has 1 aromatic carbocycles. The van der Waals surface area contributed by atoms with E-state index in [9.17, 15) is 5.11 Å². The van der Waals surface area contributed by atoms with E-state index >= 15 is 0 Å². The monoisotopic (exact) mass is 333 g/mol. The molecule has 0 bridgehead atoms. The van der Waals surface area contributed by atoms with Crippen molar-refractivity contribution in [2.45, 2.75) is 71.7 Å². The van der Waals surface area contributed by atoms with Crippen LogP contribution in [0.15, 0.2) is 24.3 Å². The number of rotatable bonds is 6. The van der Waals surface area contributed by atoms with Crippen molar-refractivity contribution in [1.82, 2.24) is 4.90 Å². The second kappa shape index (κ2) is 7.99. The van der Waals surface area contributed by atoms with Gasteiger partial charge in [-0.15, -0.1) is 0 Å². The van der Waals surface area contributed by atoms with Crippen molar-refractivity contribution >= 4 is 0 Å². The van der Waals surface area contributed by atoms with Gasteiger partial charge in [-0.1, -0.05) is 52.0 Å². The van der Waals surface area contributed by atoms with Crippen LogP contribution in [-0.4, -0.2) is 41.8 Å². The molecule has 0 spiro atoms. The van der Waals surface area contributed by atoms with Crippen molar-refractivity contribution in [2.24, 2.45) is 5.92 Å². The van der Waals surface area contributed by atoms with Gasteiger partial charge in [0, 0.05) is 19.6 Å². The van der Waals surface area contributed by atoms with E-state index in [1.807, 2.05) is 0 Å². The van der Waals surface area contributed by atoms with E-state index in [0.717, 1.165) is 31.6 Å². The Hall–Kier alpha value is -0.900. The van der Waals surface area contributed by atoms with E-state index in [-0.39, 0.29) is 23.5 Å². The van der Waals surface area contributed by atoms with Crippen LogP contribution < -0.4 is 0 Å². The summed E-state index contributed by atoms with van der Waals surface area (Å²) < 4.78 is 5.79. The molecule has 3 nitrogen and oxygen atoms in total. The highest BCUT2D eigenvalue weighted by Crippen LogP contribution is 2.29. The summed E-state index contributed by atoms with van der Waals surface area (Å²) in [6.45, 7) is 15.9. The molecular formula is C21H35NO2. The van der Waals surface area contributed by atoms with E-state index in [1.165, 1.54) is 5.56 Å². The van der Waals surface area contributed by atoms with Crippen molar-refractivity contribution in [3.63, 3.8) is 0 Å². The summed E-state index contributed by atoms with van der Waals surface area (Å²) in [5, 5.41) is 10.7. The molecule has 136 valence electrons. The summed E-state index contributed by atoms with van der Waals surface area (Å²) in [5.41, 5.74) is 2.55. The molecule has 0 aromatic heterocycles. The fourth-order valence-electron chi connectivity index (χ4n) is 3.60. The molecule has 1 fully saturated rings. The molecule has 3 heteroatoms. The summed E-state index contributed by atoms with van der Waals surface area (Å²) in [7, 11) is 0. The zero-order chi connectivity index (χ0) is 17.9. The van der Waals surface area contributed by atoms with Gasteiger partial charge < -0.3 is 9.84 Å². The lowest BCUT2D eigenvalue weighted by Gasteiger charge is -2.37. The largest absolute Gasteiger partial charge is 0.388 e. The van der Waals surface area contributed by atoms with Gasteiger partial charge in [-0.2, -0.15) is 0 Å². The first-order valence-electron chi connectivity index (χ1n) is 9.39. The third kappa shape index (κ3) is 4.81. The van der Waals surface area contributed by atoms with Crippen molar-refractivity contribution in [3.8, 4) is 0 Å². The summed E-state index contributed by atoms with van der Waals surface area (Å²) in [5.74, 6) is 0.201. The molecule has 0 saturated carbocycles. The van der Waals surface area contributed by atoms with E-state index in [0.29, 0.717) is 0 Å². The first-order valence-corrected chi connectivity index (χ1v) is 9.39. The molecule has 0 aliphatic carbocycles. The smallest absolute Gasteiger partial charge is 0.0827 e. The van der Waals surface area contributed by atoms with E-state index in [4.69, 9.17) is 4.74 Å². The first kappa shape index (κ1) is 19.4. The van der Waals surface area contributed by atoms with Crippen LogP contribution in [0.4, 0.5) is 0 Å². The average Bonchev–Trinajstić information content (AvgIpc) is 2.53. The van der Waals surface area contributed by atoms with Gasteiger partial charge in [-0.05, 0) is 42.7 Å². The van der Waals surface area contributed by atoms with Gasteiger partial charge in [0.05, 0.1) is 18.3 Å². The van der Waals surface area contributed by atoms with Crippen molar-refractivity contribution < 1.29 is 9.84 Å². The van der Waals surface area contributed by atoms with Gasteiger partial charge in [0.25, 0.3) is 0 Å². The summed E-state index contributed by atoms with van der Waals surface area (Å²) in [6, 6.07) is 8.54. The minimum atomic E-state index is -0.419. The molecule has 1 saturated heterocycles. The normalized spacial score (nSPS) is 25.5. The maximum atomic E-state index is 10.7. The standard InChI is InChI=1S/C21H35NO2/c1-7-21(5,6)19-10-8-18(9-11-19)20(23)15(2)12-22-13-16(3)24-17(4)14-22/h8-11,15-17,20,23H,7,12-14H2,1-6H3/t15-,16-,17+,20+/m0/s1. The van der Waals surface area contributed by atoms with E-state index in [1.54, 1.807) is 0 Å². The second-order valence-corrected chi connectivity index (χ2v) is 8.26. The molecule has 2 rings (SSSR count). The molecule has 1 aromatic rings. The predicted octanol–water partition coefficient (Wildman–Crippen LogP) is 4.15. The lowest BCUT2D eigenvalue weighted by Crippen LogP contribution is -2.47. The molecule has 24 heavy (non-hydrogen) atoms. The SMILES string of the molecule is CCC(C)(C)c1ccc([C@H](O)[C@@H](C)CN2C[C@@H](C)O[C@@H](C)C2)cc1. The van der Waals surface area contributed by atoms with Crippen molar-refractivity contribution in [3.05, 3.63) is 35.4 Å². The highest BCUT2D eigenvalue weighted by atomic mass is 16.5. The zero-order valence-electron chi connectivity index (χ0n) is 16.2.